The smallest absolute Gasteiger partial charge is 0.335 e. The van der Waals surface area contributed by atoms with Crippen molar-refractivity contribution >= 4 is 40.5 Å². The van der Waals surface area contributed by atoms with Gasteiger partial charge in [0.1, 0.15) is 11.3 Å². The normalized spacial score (nSPS) is 14.8. The van der Waals surface area contributed by atoms with E-state index in [9.17, 15) is 14.4 Å². The van der Waals surface area contributed by atoms with E-state index in [1.54, 1.807) is 18.2 Å². The molecule has 1 aliphatic heterocycles. The number of anilines is 1. The number of rotatable bonds is 8. The number of amides is 4. The van der Waals surface area contributed by atoms with Gasteiger partial charge in [-0.1, -0.05) is 43.3 Å². The second-order valence-corrected chi connectivity index (χ2v) is 9.72. The maximum Gasteiger partial charge on any atom is 0.335 e. The quantitative estimate of drug-likeness (QED) is 0.176. The van der Waals surface area contributed by atoms with Gasteiger partial charge in [0.05, 0.1) is 12.3 Å². The molecule has 4 aromatic rings. The van der Waals surface area contributed by atoms with Crippen LogP contribution < -0.4 is 15.0 Å². The number of hydrogen-bond acceptors (Lipinski definition) is 4. The lowest BCUT2D eigenvalue weighted by atomic mass is 10.1. The van der Waals surface area contributed by atoms with Gasteiger partial charge in [0.15, 0.2) is 0 Å². The number of fused-ring (bicyclic) bond motifs is 1. The molecular weight excluding hydrogens is 490 g/mol. The molecule has 4 amide bonds. The molecule has 7 nitrogen and oxygen atoms in total. The number of hydrogen-bond donors (Lipinski definition) is 1. The summed E-state index contributed by atoms with van der Waals surface area (Å²) in [5.74, 6) is -0.497. The Morgan fingerprint density at radius 1 is 0.923 bits per heavy atom. The first kappa shape index (κ1) is 26.0. The van der Waals surface area contributed by atoms with Crippen LogP contribution in [0.15, 0.2) is 78.5 Å². The molecule has 0 atom stereocenters. The van der Waals surface area contributed by atoms with Crippen molar-refractivity contribution in [3.8, 4) is 5.75 Å². The van der Waals surface area contributed by atoms with E-state index in [1.165, 1.54) is 11.1 Å². The number of nitrogens with one attached hydrogen (secondary N) is 1. The molecule has 5 rings (SSSR count). The van der Waals surface area contributed by atoms with Crippen LogP contribution in [0.25, 0.3) is 17.0 Å². The van der Waals surface area contributed by atoms with Gasteiger partial charge in [-0.15, -0.1) is 0 Å². The zero-order chi connectivity index (χ0) is 27.5. The van der Waals surface area contributed by atoms with E-state index in [4.69, 9.17) is 4.74 Å². The summed E-state index contributed by atoms with van der Waals surface area (Å²) in [5.41, 5.74) is 5.56. The second-order valence-electron chi connectivity index (χ2n) is 9.72. The number of nitrogens with zero attached hydrogens (tertiary/aromatic N) is 2. The van der Waals surface area contributed by atoms with Gasteiger partial charge in [0.25, 0.3) is 11.8 Å². The van der Waals surface area contributed by atoms with Gasteiger partial charge in [-0.25, -0.2) is 9.69 Å². The number of carbonyl (C=O) groups is 3. The van der Waals surface area contributed by atoms with Crippen molar-refractivity contribution in [3.05, 3.63) is 101 Å². The molecule has 3 aromatic carbocycles. The van der Waals surface area contributed by atoms with Crippen molar-refractivity contribution in [2.45, 2.75) is 40.2 Å². The van der Waals surface area contributed by atoms with E-state index in [0.29, 0.717) is 18.8 Å². The number of carbonyl (C=O) groups excluding carboxylic acids is 3. The van der Waals surface area contributed by atoms with Crippen molar-refractivity contribution in [2.75, 3.05) is 11.5 Å². The van der Waals surface area contributed by atoms with Crippen LogP contribution in [0.2, 0.25) is 0 Å². The Labute approximate surface area is 227 Å². The number of barbiturate groups is 1. The number of aromatic nitrogens is 1. The van der Waals surface area contributed by atoms with Crippen molar-refractivity contribution in [3.63, 3.8) is 0 Å². The van der Waals surface area contributed by atoms with Crippen molar-refractivity contribution in [2.24, 2.45) is 0 Å². The van der Waals surface area contributed by atoms with Gasteiger partial charge in [-0.05, 0) is 79.8 Å². The molecule has 2 heterocycles. The highest BCUT2D eigenvalue weighted by atomic mass is 16.5. The monoisotopic (exact) mass is 521 g/mol. The number of imide groups is 2. The molecule has 0 saturated carbocycles. The lowest BCUT2D eigenvalue weighted by Crippen LogP contribution is -2.54. The van der Waals surface area contributed by atoms with Crippen LogP contribution in [0.1, 0.15) is 35.6 Å². The first-order valence-corrected chi connectivity index (χ1v) is 13.1. The molecule has 1 aliphatic rings. The summed E-state index contributed by atoms with van der Waals surface area (Å²) in [5, 5.41) is 3.23. The van der Waals surface area contributed by atoms with Crippen LogP contribution in [-0.4, -0.2) is 29.0 Å². The highest BCUT2D eigenvalue weighted by molar-refractivity contribution is 6.39. The molecule has 1 saturated heterocycles. The van der Waals surface area contributed by atoms with E-state index in [0.717, 1.165) is 45.5 Å². The maximum absolute atomic E-state index is 13.4. The molecule has 0 radical (unpaired) electrons. The highest BCUT2D eigenvalue weighted by Gasteiger charge is 2.37. The van der Waals surface area contributed by atoms with E-state index in [2.05, 4.69) is 29.8 Å². The van der Waals surface area contributed by atoms with Crippen molar-refractivity contribution in [1.29, 1.82) is 0 Å². The van der Waals surface area contributed by atoms with Gasteiger partial charge in [-0.3, -0.25) is 14.9 Å². The SMILES string of the molecule is CCc1ccc(N2C(=O)NC(=O)/C(=C\c3cn(CCCOc4ccc(C)c(C)c4)c4ccccc34)C2=O)cc1. The lowest BCUT2D eigenvalue weighted by molar-refractivity contribution is -0.122. The molecule has 0 spiro atoms. The minimum absolute atomic E-state index is 0.0878. The van der Waals surface area contributed by atoms with Crippen LogP contribution >= 0.6 is 0 Å². The second kappa shape index (κ2) is 11.0. The molecule has 1 N–H and O–H groups in total. The average Bonchev–Trinajstić information content (AvgIpc) is 3.28. The van der Waals surface area contributed by atoms with Gasteiger partial charge >= 0.3 is 6.03 Å². The van der Waals surface area contributed by atoms with E-state index in [1.807, 2.05) is 61.7 Å². The minimum atomic E-state index is -0.752. The summed E-state index contributed by atoms with van der Waals surface area (Å²) in [6.45, 7) is 7.43. The van der Waals surface area contributed by atoms with Gasteiger partial charge in [0, 0.05) is 29.2 Å². The highest BCUT2D eigenvalue weighted by Crippen LogP contribution is 2.27. The Morgan fingerprint density at radius 3 is 2.44 bits per heavy atom. The Kier molecular flexibility index (Phi) is 7.32. The predicted octanol–water partition coefficient (Wildman–Crippen LogP) is 5.96. The molecule has 0 bridgehead atoms. The fraction of sp³-hybridized carbons (Fsp3) is 0.219. The van der Waals surface area contributed by atoms with E-state index < -0.39 is 17.8 Å². The third-order valence-corrected chi connectivity index (χ3v) is 7.11. The summed E-state index contributed by atoms with van der Waals surface area (Å²) in [6, 6.07) is 20.4. The summed E-state index contributed by atoms with van der Waals surface area (Å²) in [7, 11) is 0. The van der Waals surface area contributed by atoms with E-state index in [-0.39, 0.29) is 5.57 Å². The van der Waals surface area contributed by atoms with Crippen LogP contribution in [0.4, 0.5) is 10.5 Å². The van der Waals surface area contributed by atoms with Gasteiger partial charge in [-0.2, -0.15) is 0 Å². The average molecular weight is 522 g/mol. The molecular formula is C32H31N3O4. The number of para-hydroxylation sites is 1. The standard InChI is InChI=1S/C32H31N3O4/c1-4-23-11-13-25(14-12-23)35-31(37)28(30(36)33-32(35)38)19-24-20-34(29-9-6-5-8-27(24)29)16-7-17-39-26-15-10-21(2)22(3)18-26/h5-6,8-15,18-20H,4,7,16-17H2,1-3H3,(H,33,36,38)/b28-19+. The molecule has 7 heteroatoms. The third kappa shape index (κ3) is 5.34. The number of ether oxygens (including phenoxy) is 1. The zero-order valence-corrected chi connectivity index (χ0v) is 22.4. The van der Waals surface area contributed by atoms with Crippen LogP contribution in [0, 0.1) is 13.8 Å². The molecule has 39 heavy (non-hydrogen) atoms. The number of urea groups is 1. The molecule has 0 unspecified atom stereocenters. The summed E-state index contributed by atoms with van der Waals surface area (Å²) >= 11 is 0. The lowest BCUT2D eigenvalue weighted by Gasteiger charge is -2.26. The largest absolute Gasteiger partial charge is 0.494 e. The zero-order valence-electron chi connectivity index (χ0n) is 22.4. The van der Waals surface area contributed by atoms with Crippen molar-refractivity contribution in [1.82, 2.24) is 9.88 Å². The Bertz CT molecular complexity index is 1600. The first-order valence-electron chi connectivity index (χ1n) is 13.1. The number of benzene rings is 3. The molecule has 198 valence electrons. The Morgan fingerprint density at radius 2 is 1.69 bits per heavy atom. The van der Waals surface area contributed by atoms with Crippen LogP contribution in [0.5, 0.6) is 5.75 Å². The Hall–Kier alpha value is -4.65. The molecule has 1 fully saturated rings. The number of aryl methyl sites for hydroxylation is 4. The third-order valence-electron chi connectivity index (χ3n) is 7.11. The fourth-order valence-corrected chi connectivity index (χ4v) is 4.73. The fourth-order valence-electron chi connectivity index (χ4n) is 4.73. The minimum Gasteiger partial charge on any atom is -0.494 e. The van der Waals surface area contributed by atoms with E-state index >= 15 is 0 Å². The summed E-state index contributed by atoms with van der Waals surface area (Å²) in [6.07, 6.45) is 5.12. The van der Waals surface area contributed by atoms with Gasteiger partial charge in [0.2, 0.25) is 0 Å². The predicted molar refractivity (Wildman–Crippen MR) is 153 cm³/mol. The summed E-state index contributed by atoms with van der Waals surface area (Å²) < 4.78 is 8.05. The first-order chi connectivity index (χ1) is 18.9. The molecule has 1 aromatic heterocycles. The summed E-state index contributed by atoms with van der Waals surface area (Å²) in [4.78, 5) is 39.8. The topological polar surface area (TPSA) is 80.6 Å². The molecule has 0 aliphatic carbocycles. The van der Waals surface area contributed by atoms with Crippen molar-refractivity contribution < 1.29 is 19.1 Å². The van der Waals surface area contributed by atoms with Crippen LogP contribution in [0.3, 0.4) is 0 Å². The maximum atomic E-state index is 13.4. The Balaban J connectivity index is 1.38. The van der Waals surface area contributed by atoms with Gasteiger partial charge < -0.3 is 9.30 Å². The van der Waals surface area contributed by atoms with Crippen LogP contribution in [-0.2, 0) is 22.6 Å².